The molecule has 0 saturated heterocycles. The summed E-state index contributed by atoms with van der Waals surface area (Å²) in [4.78, 5) is 16.4. The monoisotopic (exact) mass is 373 g/mol. The van der Waals surface area contributed by atoms with Crippen molar-refractivity contribution in [3.63, 3.8) is 0 Å². The van der Waals surface area contributed by atoms with E-state index < -0.39 is 22.0 Å². The lowest BCUT2D eigenvalue weighted by molar-refractivity contribution is -0.118. The maximum Gasteiger partial charge on any atom is 0.245 e. The molecule has 3 aromatic rings. The summed E-state index contributed by atoms with van der Waals surface area (Å²) >= 11 is 0. The lowest BCUT2D eigenvalue weighted by Crippen LogP contribution is -2.47. The van der Waals surface area contributed by atoms with Crippen LogP contribution in [-0.2, 0) is 14.8 Å². The number of fused-ring (bicyclic) bond motifs is 1. The molecule has 1 heterocycles. The van der Waals surface area contributed by atoms with Crippen LogP contribution in [0.4, 0.5) is 5.95 Å². The minimum absolute atomic E-state index is 0.106. The second kappa shape index (κ2) is 7.22. The predicted molar refractivity (Wildman–Crippen MR) is 97.9 cm³/mol. The summed E-state index contributed by atoms with van der Waals surface area (Å²) in [7, 11) is -3.88. The molecular weight excluding hydrogens is 354 g/mol. The topological polar surface area (TPSA) is 117 Å². The van der Waals surface area contributed by atoms with E-state index in [0.717, 1.165) is 10.8 Å². The number of hydrogen-bond acceptors (Lipinski definition) is 5. The number of H-pyrrole nitrogens is 1. The van der Waals surface area contributed by atoms with Crippen molar-refractivity contribution in [2.75, 3.05) is 5.32 Å². The van der Waals surface area contributed by atoms with Gasteiger partial charge in [-0.15, -0.1) is 0 Å². The normalized spacial score (nSPS) is 13.0. The number of carbonyl (C=O) groups excluding carboxylic acids is 1. The van der Waals surface area contributed by atoms with Gasteiger partial charge in [-0.05, 0) is 28.8 Å². The molecule has 3 N–H and O–H groups in total. The van der Waals surface area contributed by atoms with Gasteiger partial charge in [0.25, 0.3) is 0 Å². The first-order valence-corrected chi connectivity index (χ1v) is 9.52. The summed E-state index contributed by atoms with van der Waals surface area (Å²) < 4.78 is 28.0. The van der Waals surface area contributed by atoms with E-state index in [1.54, 1.807) is 26.0 Å². The number of anilines is 1. The summed E-state index contributed by atoms with van der Waals surface area (Å²) in [5.41, 5.74) is 0. The lowest BCUT2D eigenvalue weighted by atomic mass is 10.1. The van der Waals surface area contributed by atoms with Crippen LogP contribution in [0.25, 0.3) is 10.8 Å². The first-order valence-electron chi connectivity index (χ1n) is 8.04. The summed E-state index contributed by atoms with van der Waals surface area (Å²) in [6.45, 7) is 3.51. The third-order valence-electron chi connectivity index (χ3n) is 3.92. The lowest BCUT2D eigenvalue weighted by Gasteiger charge is -2.21. The SMILES string of the molecule is CC(C)C(NS(=O)(=O)c1ccc2ccccc2c1)C(=O)Nc1ncn[nH]1. The quantitative estimate of drug-likeness (QED) is 0.610. The van der Waals surface area contributed by atoms with Crippen LogP contribution in [0.3, 0.4) is 0 Å². The first-order chi connectivity index (χ1) is 12.4. The Morgan fingerprint density at radius 3 is 2.50 bits per heavy atom. The molecule has 3 rings (SSSR count). The van der Waals surface area contributed by atoms with Gasteiger partial charge in [0.2, 0.25) is 21.9 Å². The number of benzene rings is 2. The van der Waals surface area contributed by atoms with Gasteiger partial charge in [-0.3, -0.25) is 10.1 Å². The van der Waals surface area contributed by atoms with Crippen LogP contribution in [-0.4, -0.2) is 35.5 Å². The van der Waals surface area contributed by atoms with Crippen molar-refractivity contribution in [1.82, 2.24) is 19.9 Å². The van der Waals surface area contributed by atoms with Gasteiger partial charge in [-0.1, -0.05) is 44.2 Å². The molecule has 0 aliphatic heterocycles. The molecule has 0 aliphatic rings. The second-order valence-electron chi connectivity index (χ2n) is 6.18. The van der Waals surface area contributed by atoms with Gasteiger partial charge in [-0.2, -0.15) is 14.8 Å². The van der Waals surface area contributed by atoms with Gasteiger partial charge in [0.15, 0.2) is 0 Å². The average molecular weight is 373 g/mol. The van der Waals surface area contributed by atoms with Crippen molar-refractivity contribution in [2.45, 2.75) is 24.8 Å². The Kier molecular flexibility index (Phi) is 5.01. The fourth-order valence-electron chi connectivity index (χ4n) is 2.52. The molecule has 1 amide bonds. The maximum atomic E-state index is 12.8. The van der Waals surface area contributed by atoms with Crippen molar-refractivity contribution in [3.8, 4) is 0 Å². The number of aromatic nitrogens is 3. The molecule has 1 unspecified atom stereocenters. The molecule has 0 bridgehead atoms. The number of nitrogens with zero attached hydrogens (tertiary/aromatic N) is 2. The highest BCUT2D eigenvalue weighted by Gasteiger charge is 2.29. The van der Waals surface area contributed by atoms with Gasteiger partial charge in [0.1, 0.15) is 12.4 Å². The molecule has 9 heteroatoms. The van der Waals surface area contributed by atoms with Crippen molar-refractivity contribution in [2.24, 2.45) is 5.92 Å². The van der Waals surface area contributed by atoms with Crippen molar-refractivity contribution in [1.29, 1.82) is 0 Å². The second-order valence-corrected chi connectivity index (χ2v) is 7.89. The van der Waals surface area contributed by atoms with Crippen molar-refractivity contribution in [3.05, 3.63) is 48.8 Å². The highest BCUT2D eigenvalue weighted by Crippen LogP contribution is 2.20. The Balaban J connectivity index is 1.85. The number of carbonyl (C=O) groups is 1. The van der Waals surface area contributed by atoms with Gasteiger partial charge < -0.3 is 0 Å². The number of rotatable bonds is 6. The number of nitrogens with one attached hydrogen (secondary N) is 3. The number of hydrogen-bond donors (Lipinski definition) is 3. The standard InChI is InChI=1S/C17H19N5O3S/c1-11(2)15(16(23)20-17-18-10-19-21-17)22-26(24,25)14-8-7-12-5-3-4-6-13(12)9-14/h3-11,15,22H,1-2H3,(H2,18,19,20,21,23). The summed E-state index contributed by atoms with van der Waals surface area (Å²) in [6, 6.07) is 11.4. The van der Waals surface area contributed by atoms with Gasteiger partial charge in [-0.25, -0.2) is 13.5 Å². The molecule has 2 aromatic carbocycles. The van der Waals surface area contributed by atoms with Crippen LogP contribution in [0.2, 0.25) is 0 Å². The molecule has 26 heavy (non-hydrogen) atoms. The molecule has 0 aliphatic carbocycles. The van der Waals surface area contributed by atoms with Crippen LogP contribution in [0.15, 0.2) is 53.7 Å². The largest absolute Gasteiger partial charge is 0.294 e. The maximum absolute atomic E-state index is 12.8. The number of sulfonamides is 1. The molecule has 0 fully saturated rings. The average Bonchev–Trinajstić information content (AvgIpc) is 3.12. The Bertz CT molecular complexity index is 1020. The van der Waals surface area contributed by atoms with E-state index in [9.17, 15) is 13.2 Å². The van der Waals surface area contributed by atoms with Gasteiger partial charge in [0.05, 0.1) is 4.90 Å². The molecule has 0 spiro atoms. The molecule has 136 valence electrons. The van der Waals surface area contributed by atoms with Crippen molar-refractivity contribution >= 4 is 32.7 Å². The highest BCUT2D eigenvalue weighted by molar-refractivity contribution is 7.89. The zero-order chi connectivity index (χ0) is 18.7. The zero-order valence-electron chi connectivity index (χ0n) is 14.3. The Hall–Kier alpha value is -2.78. The van der Waals surface area contributed by atoms with E-state index in [1.807, 2.05) is 24.3 Å². The fourth-order valence-corrected chi connectivity index (χ4v) is 3.90. The van der Waals surface area contributed by atoms with Crippen LogP contribution in [0, 0.1) is 5.92 Å². The van der Waals surface area contributed by atoms with E-state index in [2.05, 4.69) is 25.2 Å². The van der Waals surface area contributed by atoms with E-state index in [1.165, 1.54) is 12.4 Å². The van der Waals surface area contributed by atoms with Gasteiger partial charge >= 0.3 is 0 Å². The summed E-state index contributed by atoms with van der Waals surface area (Å²) in [6.07, 6.45) is 1.25. The Labute approximate surface area is 151 Å². The highest BCUT2D eigenvalue weighted by atomic mass is 32.2. The molecule has 0 saturated carbocycles. The zero-order valence-corrected chi connectivity index (χ0v) is 15.1. The van der Waals surface area contributed by atoms with Gasteiger partial charge in [0, 0.05) is 0 Å². The van der Waals surface area contributed by atoms with E-state index >= 15 is 0 Å². The first kappa shape index (κ1) is 18.0. The van der Waals surface area contributed by atoms with Crippen LogP contribution >= 0.6 is 0 Å². The molecule has 1 aromatic heterocycles. The third-order valence-corrected chi connectivity index (χ3v) is 5.36. The van der Waals surface area contributed by atoms with Crippen LogP contribution < -0.4 is 10.0 Å². The van der Waals surface area contributed by atoms with E-state index in [0.29, 0.717) is 0 Å². The van der Waals surface area contributed by atoms with Crippen LogP contribution in [0.1, 0.15) is 13.8 Å². The van der Waals surface area contributed by atoms with Crippen molar-refractivity contribution < 1.29 is 13.2 Å². The number of amides is 1. The van der Waals surface area contributed by atoms with E-state index in [4.69, 9.17) is 0 Å². The molecule has 0 radical (unpaired) electrons. The number of aromatic amines is 1. The molecule has 1 atom stereocenters. The van der Waals surface area contributed by atoms with E-state index in [-0.39, 0.29) is 16.8 Å². The fraction of sp³-hybridized carbons (Fsp3) is 0.235. The minimum Gasteiger partial charge on any atom is -0.294 e. The summed E-state index contributed by atoms with van der Waals surface area (Å²) in [5, 5.41) is 10.4. The Morgan fingerprint density at radius 1 is 1.12 bits per heavy atom. The molecule has 8 nitrogen and oxygen atoms in total. The third kappa shape index (κ3) is 3.89. The predicted octanol–water partition coefficient (Wildman–Crippen LogP) is 1.90. The minimum atomic E-state index is -3.88. The summed E-state index contributed by atoms with van der Waals surface area (Å²) in [5.74, 6) is -0.625. The molecular formula is C17H19N5O3S. The smallest absolute Gasteiger partial charge is 0.245 e. The Morgan fingerprint density at radius 2 is 1.85 bits per heavy atom. The van der Waals surface area contributed by atoms with Crippen LogP contribution in [0.5, 0.6) is 0 Å².